The average Bonchev–Trinajstić information content (AvgIpc) is 3.60. The first-order valence-corrected chi connectivity index (χ1v) is 12.2. The molecule has 3 heterocycles. The lowest BCUT2D eigenvalue weighted by Gasteiger charge is -2.15. The molecule has 0 aliphatic carbocycles. The molecular formula is C23H21N5O5S2. The molecule has 12 heteroatoms. The Bertz CT molecular complexity index is 1390. The number of H-pyrrole nitrogens is 1. The second-order valence-electron chi connectivity index (χ2n) is 7.61. The van der Waals surface area contributed by atoms with Crippen LogP contribution in [-0.4, -0.2) is 51.6 Å². The Hall–Kier alpha value is -4.03. The highest BCUT2D eigenvalue weighted by atomic mass is 32.1. The Morgan fingerprint density at radius 3 is 2.60 bits per heavy atom. The quantitative estimate of drug-likeness (QED) is 0.233. The van der Waals surface area contributed by atoms with Gasteiger partial charge in [0.1, 0.15) is 6.04 Å². The molecule has 0 saturated carbocycles. The number of aromatic amines is 1. The molecule has 0 bridgehead atoms. The van der Waals surface area contributed by atoms with Crippen LogP contribution in [0.1, 0.15) is 40.1 Å². The molecule has 0 radical (unpaired) electrons. The minimum Gasteiger partial charge on any atom is -0.480 e. The van der Waals surface area contributed by atoms with Crippen LogP contribution in [0.15, 0.2) is 48.0 Å². The van der Waals surface area contributed by atoms with E-state index in [2.05, 4.69) is 26.1 Å². The number of carboxylic acid groups (broad SMARTS) is 1. The van der Waals surface area contributed by atoms with E-state index in [4.69, 9.17) is 0 Å². The molecule has 0 aliphatic heterocycles. The van der Waals surface area contributed by atoms with Gasteiger partial charge in [-0.25, -0.2) is 4.79 Å². The summed E-state index contributed by atoms with van der Waals surface area (Å²) in [5.41, 5.74) is 2.30. The average molecular weight is 512 g/mol. The molecule has 35 heavy (non-hydrogen) atoms. The van der Waals surface area contributed by atoms with Crippen LogP contribution in [0.25, 0.3) is 10.9 Å². The number of benzene rings is 1. The van der Waals surface area contributed by atoms with E-state index < -0.39 is 23.8 Å². The molecular weight excluding hydrogens is 490 g/mol. The maximum atomic E-state index is 12.8. The zero-order chi connectivity index (χ0) is 24.9. The Kier molecular flexibility index (Phi) is 7.22. The van der Waals surface area contributed by atoms with E-state index in [1.165, 1.54) is 11.3 Å². The number of hydrogen-bond donors (Lipinski definition) is 5. The van der Waals surface area contributed by atoms with E-state index in [0.29, 0.717) is 15.3 Å². The SMILES string of the molecule is Cc1cc(C(=O)NCc2cccc3[nH]ncc23)sc1C(=O)N[C@@H](CNC(=O)c1cccs1)C(=O)O. The number of nitrogens with one attached hydrogen (secondary N) is 4. The van der Waals surface area contributed by atoms with Gasteiger partial charge in [-0.1, -0.05) is 18.2 Å². The van der Waals surface area contributed by atoms with Crippen molar-refractivity contribution in [1.29, 1.82) is 0 Å². The van der Waals surface area contributed by atoms with Crippen molar-refractivity contribution >= 4 is 57.3 Å². The summed E-state index contributed by atoms with van der Waals surface area (Å²) < 4.78 is 0. The minimum atomic E-state index is -1.33. The molecule has 4 rings (SSSR count). The summed E-state index contributed by atoms with van der Waals surface area (Å²) in [5.74, 6) is -2.69. The molecule has 10 nitrogen and oxygen atoms in total. The first-order chi connectivity index (χ1) is 16.8. The molecule has 0 unspecified atom stereocenters. The summed E-state index contributed by atoms with van der Waals surface area (Å²) in [6.07, 6.45) is 1.69. The normalized spacial score (nSPS) is 11.7. The molecule has 180 valence electrons. The maximum absolute atomic E-state index is 12.8. The number of nitrogens with zero attached hydrogens (tertiary/aromatic N) is 1. The molecule has 5 N–H and O–H groups in total. The van der Waals surface area contributed by atoms with E-state index in [1.807, 2.05) is 18.2 Å². The first kappa shape index (κ1) is 24.1. The summed E-state index contributed by atoms with van der Waals surface area (Å²) >= 11 is 2.20. The lowest BCUT2D eigenvalue weighted by atomic mass is 10.1. The monoisotopic (exact) mass is 511 g/mol. The fourth-order valence-corrected chi connectivity index (χ4v) is 5.01. The summed E-state index contributed by atoms with van der Waals surface area (Å²) in [6.45, 7) is 1.66. The van der Waals surface area contributed by atoms with Gasteiger partial charge >= 0.3 is 5.97 Å². The first-order valence-electron chi connectivity index (χ1n) is 10.5. The van der Waals surface area contributed by atoms with Gasteiger partial charge in [0, 0.05) is 18.5 Å². The van der Waals surface area contributed by atoms with Crippen LogP contribution in [0.5, 0.6) is 0 Å². The van der Waals surface area contributed by atoms with Gasteiger partial charge in [-0.3, -0.25) is 19.5 Å². The molecule has 0 aliphatic rings. The third kappa shape index (κ3) is 5.55. The summed E-state index contributed by atoms with van der Waals surface area (Å²) in [5, 5.41) is 26.8. The fraction of sp³-hybridized carbons (Fsp3) is 0.174. The van der Waals surface area contributed by atoms with Gasteiger partial charge in [-0.15, -0.1) is 22.7 Å². The molecule has 0 spiro atoms. The fourth-order valence-electron chi connectivity index (χ4n) is 3.38. The number of thiophene rings is 2. The van der Waals surface area contributed by atoms with Crippen molar-refractivity contribution < 1.29 is 24.3 Å². The van der Waals surface area contributed by atoms with Gasteiger partial charge in [0.2, 0.25) is 0 Å². The van der Waals surface area contributed by atoms with Crippen molar-refractivity contribution in [3.63, 3.8) is 0 Å². The van der Waals surface area contributed by atoms with Crippen molar-refractivity contribution in [2.45, 2.75) is 19.5 Å². The third-order valence-corrected chi connectivity index (χ3v) is 7.28. The molecule has 0 saturated heterocycles. The highest BCUT2D eigenvalue weighted by Crippen LogP contribution is 2.23. The number of carbonyl (C=O) groups is 4. The Morgan fingerprint density at radius 2 is 1.86 bits per heavy atom. The van der Waals surface area contributed by atoms with Gasteiger partial charge in [-0.2, -0.15) is 5.10 Å². The van der Waals surface area contributed by atoms with Gasteiger partial charge in [0.25, 0.3) is 17.7 Å². The van der Waals surface area contributed by atoms with Crippen LogP contribution in [0.4, 0.5) is 0 Å². The Morgan fingerprint density at radius 1 is 1.06 bits per heavy atom. The molecule has 1 atom stereocenters. The number of carbonyl (C=O) groups excluding carboxylic acids is 3. The third-order valence-electron chi connectivity index (χ3n) is 5.18. The Labute approximate surface area is 207 Å². The molecule has 3 amide bonds. The van der Waals surface area contributed by atoms with Gasteiger partial charge in [-0.05, 0) is 41.6 Å². The number of carboxylic acids is 1. The number of amides is 3. The number of fused-ring (bicyclic) bond motifs is 1. The van der Waals surface area contributed by atoms with Gasteiger partial charge in [0.15, 0.2) is 0 Å². The number of aryl methyl sites for hydroxylation is 1. The second-order valence-corrected chi connectivity index (χ2v) is 9.61. The standard InChI is InChI=1S/C23H21N5O5S2/c1-12-8-18(21(30)24-9-13-4-2-5-15-14(13)10-26-28-15)35-19(12)22(31)27-16(23(32)33)11-25-20(29)17-6-3-7-34-17/h2-8,10,16H,9,11H2,1H3,(H,24,30)(H,25,29)(H,26,28)(H,27,31)(H,32,33)/t16-/m0/s1. The van der Waals surface area contributed by atoms with Crippen molar-refractivity contribution in [3.8, 4) is 0 Å². The highest BCUT2D eigenvalue weighted by Gasteiger charge is 2.25. The van der Waals surface area contributed by atoms with Crippen LogP contribution >= 0.6 is 22.7 Å². The van der Waals surface area contributed by atoms with Gasteiger partial charge < -0.3 is 21.1 Å². The topological polar surface area (TPSA) is 153 Å². The van der Waals surface area contributed by atoms with Crippen LogP contribution < -0.4 is 16.0 Å². The van der Waals surface area contributed by atoms with E-state index >= 15 is 0 Å². The predicted molar refractivity (Wildman–Crippen MR) is 132 cm³/mol. The van der Waals surface area contributed by atoms with Crippen molar-refractivity contribution in [2.75, 3.05) is 6.54 Å². The van der Waals surface area contributed by atoms with E-state index in [1.54, 1.807) is 36.7 Å². The second kappa shape index (κ2) is 10.5. The number of aliphatic carboxylic acids is 1. The maximum Gasteiger partial charge on any atom is 0.328 e. The summed E-state index contributed by atoms with van der Waals surface area (Å²) in [6, 6.07) is 9.22. The summed E-state index contributed by atoms with van der Waals surface area (Å²) in [4.78, 5) is 50.2. The lowest BCUT2D eigenvalue weighted by molar-refractivity contribution is -0.139. The summed E-state index contributed by atoms with van der Waals surface area (Å²) in [7, 11) is 0. The van der Waals surface area contributed by atoms with Crippen molar-refractivity contribution in [2.24, 2.45) is 0 Å². The van der Waals surface area contributed by atoms with E-state index in [-0.39, 0.29) is 23.9 Å². The van der Waals surface area contributed by atoms with Crippen molar-refractivity contribution in [1.82, 2.24) is 26.1 Å². The zero-order valence-electron chi connectivity index (χ0n) is 18.5. The van der Waals surface area contributed by atoms with Gasteiger partial charge in [0.05, 0.1) is 26.3 Å². The zero-order valence-corrected chi connectivity index (χ0v) is 20.1. The lowest BCUT2D eigenvalue weighted by Crippen LogP contribution is -2.48. The molecule has 1 aromatic carbocycles. The molecule has 3 aromatic heterocycles. The number of aromatic nitrogens is 2. The molecule has 0 fully saturated rings. The number of rotatable bonds is 9. The van der Waals surface area contributed by atoms with E-state index in [9.17, 15) is 24.3 Å². The van der Waals surface area contributed by atoms with Crippen LogP contribution in [-0.2, 0) is 11.3 Å². The van der Waals surface area contributed by atoms with E-state index in [0.717, 1.165) is 27.8 Å². The largest absolute Gasteiger partial charge is 0.480 e. The van der Waals surface area contributed by atoms with Crippen LogP contribution in [0.3, 0.4) is 0 Å². The van der Waals surface area contributed by atoms with Crippen LogP contribution in [0, 0.1) is 6.92 Å². The predicted octanol–water partition coefficient (Wildman–Crippen LogP) is 2.54. The molecule has 4 aromatic rings. The highest BCUT2D eigenvalue weighted by molar-refractivity contribution is 7.16. The number of hydrogen-bond acceptors (Lipinski definition) is 7. The van der Waals surface area contributed by atoms with Crippen molar-refractivity contribution in [3.05, 3.63) is 73.7 Å². The Balaban J connectivity index is 1.38. The minimum absolute atomic E-state index is 0.225. The smallest absolute Gasteiger partial charge is 0.328 e. The van der Waals surface area contributed by atoms with Crippen LogP contribution in [0.2, 0.25) is 0 Å².